The van der Waals surface area contributed by atoms with Gasteiger partial charge in [0.2, 0.25) is 11.8 Å². The third-order valence-corrected chi connectivity index (χ3v) is 7.68. The Balaban J connectivity index is 1.10. The zero-order chi connectivity index (χ0) is 24.0. The molecule has 0 radical (unpaired) electrons. The Hall–Kier alpha value is -3.58. The maximum absolute atomic E-state index is 13.5. The Morgan fingerprint density at radius 2 is 2.03 bits per heavy atom. The molecule has 2 bridgehead atoms. The fraction of sp³-hybridized carbons (Fsp3) is 0.357. The van der Waals surface area contributed by atoms with Gasteiger partial charge in [-0.2, -0.15) is 0 Å². The maximum Gasteiger partial charge on any atom is 0.230 e. The van der Waals surface area contributed by atoms with Crippen molar-refractivity contribution in [3.63, 3.8) is 0 Å². The predicted molar refractivity (Wildman–Crippen MR) is 132 cm³/mol. The SMILES string of the molecule is COc1ccc(CCNC(=O)C2C3C=C[C@]4(CN(CCc5c[nH]c6ccccc56)C(=O)C24)O3)cc1. The van der Waals surface area contributed by atoms with Crippen LogP contribution >= 0.6 is 0 Å². The number of nitrogens with zero attached hydrogens (tertiary/aromatic N) is 1. The minimum Gasteiger partial charge on any atom is -0.497 e. The highest BCUT2D eigenvalue weighted by Crippen LogP contribution is 2.51. The zero-order valence-corrected chi connectivity index (χ0v) is 19.7. The van der Waals surface area contributed by atoms with Crippen LogP contribution in [-0.2, 0) is 27.2 Å². The Bertz CT molecular complexity index is 1300. The van der Waals surface area contributed by atoms with Crippen LogP contribution in [0.1, 0.15) is 11.1 Å². The quantitative estimate of drug-likeness (QED) is 0.495. The molecule has 2 N–H and O–H groups in total. The Kier molecular flexibility index (Phi) is 5.37. The first kappa shape index (κ1) is 21.9. The fourth-order valence-corrected chi connectivity index (χ4v) is 5.90. The van der Waals surface area contributed by atoms with Crippen LogP contribution in [0.3, 0.4) is 0 Å². The second-order valence-electron chi connectivity index (χ2n) is 9.66. The van der Waals surface area contributed by atoms with E-state index in [0.29, 0.717) is 26.1 Å². The molecular formula is C28H29N3O4. The summed E-state index contributed by atoms with van der Waals surface area (Å²) in [6.45, 7) is 1.62. The topological polar surface area (TPSA) is 83.7 Å². The predicted octanol–water partition coefficient (Wildman–Crippen LogP) is 2.86. The summed E-state index contributed by atoms with van der Waals surface area (Å²) in [5.41, 5.74) is 2.73. The Morgan fingerprint density at radius 1 is 1.20 bits per heavy atom. The van der Waals surface area contributed by atoms with Crippen molar-refractivity contribution in [2.45, 2.75) is 24.5 Å². The van der Waals surface area contributed by atoms with E-state index in [1.165, 1.54) is 10.9 Å². The number of aromatic amines is 1. The second kappa shape index (κ2) is 8.57. The number of fused-ring (bicyclic) bond motifs is 2. The van der Waals surface area contributed by atoms with E-state index in [1.807, 2.05) is 59.6 Å². The molecule has 35 heavy (non-hydrogen) atoms. The number of likely N-dealkylation sites (tertiary alicyclic amines) is 1. The molecule has 180 valence electrons. The lowest BCUT2D eigenvalue weighted by Crippen LogP contribution is -2.44. The minimum atomic E-state index is -0.681. The molecule has 2 fully saturated rings. The van der Waals surface area contributed by atoms with Gasteiger partial charge in [0, 0.05) is 30.2 Å². The molecule has 3 aliphatic heterocycles. The second-order valence-corrected chi connectivity index (χ2v) is 9.66. The van der Waals surface area contributed by atoms with Gasteiger partial charge in [0.25, 0.3) is 0 Å². The van der Waals surface area contributed by atoms with Crippen LogP contribution < -0.4 is 10.1 Å². The van der Waals surface area contributed by atoms with Crippen LogP contribution in [0.5, 0.6) is 5.75 Å². The number of para-hydroxylation sites is 1. The number of hydrogen-bond acceptors (Lipinski definition) is 4. The van der Waals surface area contributed by atoms with Crippen LogP contribution in [-0.4, -0.2) is 60.1 Å². The summed E-state index contributed by atoms with van der Waals surface area (Å²) >= 11 is 0. The lowest BCUT2D eigenvalue weighted by molar-refractivity contribution is -0.137. The lowest BCUT2D eigenvalue weighted by Gasteiger charge is -2.23. The zero-order valence-electron chi connectivity index (χ0n) is 19.7. The van der Waals surface area contributed by atoms with E-state index in [9.17, 15) is 9.59 Å². The van der Waals surface area contributed by atoms with Crippen LogP contribution in [0.4, 0.5) is 0 Å². The van der Waals surface area contributed by atoms with Crippen molar-refractivity contribution in [2.24, 2.45) is 11.8 Å². The highest BCUT2D eigenvalue weighted by Gasteiger charge is 2.66. The highest BCUT2D eigenvalue weighted by atomic mass is 16.5. The van der Waals surface area contributed by atoms with Crippen LogP contribution in [0.25, 0.3) is 10.9 Å². The van der Waals surface area contributed by atoms with Crippen LogP contribution in [0, 0.1) is 11.8 Å². The summed E-state index contributed by atoms with van der Waals surface area (Å²) in [6.07, 6.45) is 7.12. The van der Waals surface area contributed by atoms with Gasteiger partial charge in [-0.05, 0) is 42.2 Å². The van der Waals surface area contributed by atoms with Gasteiger partial charge in [0.15, 0.2) is 0 Å². The standard InChI is InChI=1S/C28H29N3O4/c1-34-20-8-6-18(7-9-20)11-14-29-26(32)24-23-10-13-28(35-23)17-31(27(33)25(24)28)15-12-19-16-30-22-5-3-2-4-21(19)22/h2-10,13,16,23-25,30H,11-12,14-15,17H2,1H3,(H,29,32)/t23?,24?,25?,28-/m1/s1. The Labute approximate surface area is 204 Å². The molecule has 2 saturated heterocycles. The van der Waals surface area contributed by atoms with Gasteiger partial charge in [-0.15, -0.1) is 0 Å². The van der Waals surface area contributed by atoms with Crippen LogP contribution in [0.2, 0.25) is 0 Å². The number of hydrogen-bond donors (Lipinski definition) is 2. The molecule has 7 nitrogen and oxygen atoms in total. The van der Waals surface area contributed by atoms with E-state index in [0.717, 1.165) is 23.3 Å². The molecule has 0 saturated carbocycles. The van der Waals surface area contributed by atoms with Gasteiger partial charge < -0.3 is 24.7 Å². The van der Waals surface area contributed by atoms with Gasteiger partial charge in [0.05, 0.1) is 31.6 Å². The number of rotatable bonds is 8. The highest BCUT2D eigenvalue weighted by molar-refractivity contribution is 5.93. The number of benzene rings is 2. The average Bonchev–Trinajstić information content (AvgIpc) is 3.63. The van der Waals surface area contributed by atoms with Crippen molar-refractivity contribution in [3.05, 3.63) is 78.0 Å². The largest absolute Gasteiger partial charge is 0.497 e. The van der Waals surface area contributed by atoms with Gasteiger partial charge >= 0.3 is 0 Å². The number of carbonyl (C=O) groups is 2. The summed E-state index contributed by atoms with van der Waals surface area (Å²) in [6, 6.07) is 16.0. The van der Waals surface area contributed by atoms with E-state index in [1.54, 1.807) is 7.11 Å². The van der Waals surface area contributed by atoms with Crippen molar-refractivity contribution in [3.8, 4) is 5.75 Å². The molecule has 2 aromatic carbocycles. The molecule has 7 heteroatoms. The van der Waals surface area contributed by atoms with Gasteiger partial charge in [0.1, 0.15) is 11.4 Å². The van der Waals surface area contributed by atoms with Crippen molar-refractivity contribution >= 4 is 22.7 Å². The van der Waals surface area contributed by atoms with Gasteiger partial charge in [-0.25, -0.2) is 0 Å². The summed E-state index contributed by atoms with van der Waals surface area (Å²) in [4.78, 5) is 31.8. The summed E-state index contributed by atoms with van der Waals surface area (Å²) in [5, 5.41) is 4.23. The van der Waals surface area contributed by atoms with Crippen molar-refractivity contribution in [2.75, 3.05) is 26.7 Å². The summed E-state index contributed by atoms with van der Waals surface area (Å²) in [7, 11) is 1.64. The van der Waals surface area contributed by atoms with E-state index in [-0.39, 0.29) is 17.9 Å². The smallest absolute Gasteiger partial charge is 0.230 e. The molecule has 1 aromatic heterocycles. The third kappa shape index (κ3) is 3.71. The molecule has 3 unspecified atom stereocenters. The molecule has 3 aliphatic rings. The molecule has 4 heterocycles. The maximum atomic E-state index is 13.5. The number of nitrogens with one attached hydrogen (secondary N) is 2. The molecule has 6 rings (SSSR count). The number of ether oxygens (including phenoxy) is 2. The monoisotopic (exact) mass is 471 g/mol. The van der Waals surface area contributed by atoms with E-state index >= 15 is 0 Å². The fourth-order valence-electron chi connectivity index (χ4n) is 5.90. The van der Waals surface area contributed by atoms with E-state index in [2.05, 4.69) is 22.4 Å². The number of carbonyl (C=O) groups excluding carboxylic acids is 2. The number of H-pyrrole nitrogens is 1. The van der Waals surface area contributed by atoms with Crippen molar-refractivity contribution in [1.82, 2.24) is 15.2 Å². The third-order valence-electron chi connectivity index (χ3n) is 7.68. The van der Waals surface area contributed by atoms with Gasteiger partial charge in [-0.3, -0.25) is 9.59 Å². The van der Waals surface area contributed by atoms with E-state index < -0.39 is 17.4 Å². The number of amides is 2. The number of methoxy groups -OCH3 is 1. The molecule has 4 atom stereocenters. The normalized spacial score (nSPS) is 26.5. The molecule has 2 amide bonds. The lowest BCUT2D eigenvalue weighted by atomic mass is 9.77. The van der Waals surface area contributed by atoms with Crippen LogP contribution in [0.15, 0.2) is 66.9 Å². The Morgan fingerprint density at radius 3 is 2.86 bits per heavy atom. The molecule has 0 aliphatic carbocycles. The first-order valence-electron chi connectivity index (χ1n) is 12.2. The first-order valence-corrected chi connectivity index (χ1v) is 12.2. The van der Waals surface area contributed by atoms with Crippen molar-refractivity contribution < 1.29 is 19.1 Å². The summed E-state index contributed by atoms with van der Waals surface area (Å²) in [5.74, 6) is -0.218. The first-order chi connectivity index (χ1) is 17.1. The van der Waals surface area contributed by atoms with E-state index in [4.69, 9.17) is 9.47 Å². The summed E-state index contributed by atoms with van der Waals surface area (Å²) < 4.78 is 11.5. The number of aromatic nitrogens is 1. The van der Waals surface area contributed by atoms with Gasteiger partial charge in [-0.1, -0.05) is 42.5 Å². The molecular weight excluding hydrogens is 442 g/mol. The average molecular weight is 472 g/mol. The van der Waals surface area contributed by atoms with Crippen molar-refractivity contribution in [1.29, 1.82) is 0 Å². The minimum absolute atomic E-state index is 0.0204. The molecule has 1 spiro atoms. The molecule has 3 aromatic rings.